The van der Waals surface area contributed by atoms with Crippen LogP contribution in [0.2, 0.25) is 5.02 Å². The maximum absolute atomic E-state index is 11.8. The van der Waals surface area contributed by atoms with Crippen molar-refractivity contribution in [3.63, 3.8) is 0 Å². The first-order valence-corrected chi connectivity index (χ1v) is 7.60. The van der Waals surface area contributed by atoms with Crippen LogP contribution >= 0.6 is 11.6 Å². The molecule has 0 heterocycles. The van der Waals surface area contributed by atoms with Gasteiger partial charge in [0, 0.05) is 10.7 Å². The molecule has 0 saturated heterocycles. The van der Waals surface area contributed by atoms with E-state index in [1.54, 1.807) is 36.4 Å². The lowest BCUT2D eigenvalue weighted by Gasteiger charge is -2.05. The number of hydrogen-bond acceptors (Lipinski definition) is 5. The second kappa shape index (κ2) is 8.70. The number of anilines is 1. The number of phenols is 1. The topological polar surface area (TPSA) is 100 Å². The van der Waals surface area contributed by atoms with E-state index in [4.69, 9.17) is 16.3 Å². The monoisotopic (exact) mass is 361 g/mol. The second-order valence-corrected chi connectivity index (χ2v) is 5.40. The lowest BCUT2D eigenvalue weighted by Crippen LogP contribution is -2.24. The maximum atomic E-state index is 11.8. The molecule has 0 bridgehead atoms. The van der Waals surface area contributed by atoms with Gasteiger partial charge in [0.1, 0.15) is 6.42 Å². The average Bonchev–Trinajstić information content (AvgIpc) is 2.56. The van der Waals surface area contributed by atoms with Gasteiger partial charge < -0.3 is 15.2 Å². The standard InChI is InChI=1S/C17H16ClN3O4/c1-25-15-7-11(5-6-14(15)22)10-19-21-17(24)9-16(23)20-13-4-2-3-12(18)8-13/h2-8,10,22H,9H2,1H3,(H,20,23)(H,21,24). The van der Waals surface area contributed by atoms with Crippen LogP contribution in [0.4, 0.5) is 5.69 Å². The zero-order valence-electron chi connectivity index (χ0n) is 13.3. The minimum Gasteiger partial charge on any atom is -0.504 e. The van der Waals surface area contributed by atoms with Gasteiger partial charge in [-0.25, -0.2) is 5.43 Å². The summed E-state index contributed by atoms with van der Waals surface area (Å²) >= 11 is 5.82. The quantitative estimate of drug-likeness (QED) is 0.418. The van der Waals surface area contributed by atoms with Crippen LogP contribution in [-0.4, -0.2) is 30.2 Å². The number of hydrogen-bond donors (Lipinski definition) is 3. The number of benzene rings is 2. The van der Waals surface area contributed by atoms with Crippen LogP contribution in [0.5, 0.6) is 11.5 Å². The van der Waals surface area contributed by atoms with Gasteiger partial charge in [0.05, 0.1) is 13.3 Å². The lowest BCUT2D eigenvalue weighted by atomic mass is 10.2. The van der Waals surface area contributed by atoms with Gasteiger partial charge in [-0.05, 0) is 42.0 Å². The van der Waals surface area contributed by atoms with Crippen LogP contribution in [0.3, 0.4) is 0 Å². The molecule has 0 aliphatic rings. The fraction of sp³-hybridized carbons (Fsp3) is 0.118. The summed E-state index contributed by atoms with van der Waals surface area (Å²) < 4.78 is 4.97. The van der Waals surface area contributed by atoms with E-state index in [-0.39, 0.29) is 17.9 Å². The molecular weight excluding hydrogens is 346 g/mol. The third kappa shape index (κ3) is 5.82. The largest absolute Gasteiger partial charge is 0.504 e. The highest BCUT2D eigenvalue weighted by atomic mass is 35.5. The summed E-state index contributed by atoms with van der Waals surface area (Å²) in [6.45, 7) is 0. The Morgan fingerprint density at radius 3 is 2.76 bits per heavy atom. The van der Waals surface area contributed by atoms with Gasteiger partial charge in [-0.15, -0.1) is 0 Å². The summed E-state index contributed by atoms with van der Waals surface area (Å²) in [4.78, 5) is 23.5. The van der Waals surface area contributed by atoms with Crippen molar-refractivity contribution in [3.05, 3.63) is 53.1 Å². The van der Waals surface area contributed by atoms with Crippen LogP contribution in [0, 0.1) is 0 Å². The Hall–Kier alpha value is -3.06. The van der Waals surface area contributed by atoms with Crippen molar-refractivity contribution < 1.29 is 19.4 Å². The van der Waals surface area contributed by atoms with Crippen molar-refractivity contribution in [2.45, 2.75) is 6.42 Å². The summed E-state index contributed by atoms with van der Waals surface area (Å²) in [7, 11) is 1.43. The highest BCUT2D eigenvalue weighted by Crippen LogP contribution is 2.25. The van der Waals surface area contributed by atoms with Crippen molar-refractivity contribution in [1.82, 2.24) is 5.43 Å². The molecule has 0 unspecified atom stereocenters. The Morgan fingerprint density at radius 2 is 2.04 bits per heavy atom. The molecule has 0 radical (unpaired) electrons. The Bertz CT molecular complexity index is 808. The number of carbonyl (C=O) groups excluding carboxylic acids is 2. The number of phenolic OH excluding ortho intramolecular Hbond substituents is 1. The van der Waals surface area contributed by atoms with E-state index in [1.165, 1.54) is 19.4 Å². The maximum Gasteiger partial charge on any atom is 0.249 e. The van der Waals surface area contributed by atoms with Crippen molar-refractivity contribution >= 4 is 35.3 Å². The van der Waals surface area contributed by atoms with Gasteiger partial charge in [-0.2, -0.15) is 5.10 Å². The molecule has 0 aliphatic carbocycles. The molecule has 2 amide bonds. The van der Waals surface area contributed by atoms with Crippen molar-refractivity contribution in [2.75, 3.05) is 12.4 Å². The highest BCUT2D eigenvalue weighted by molar-refractivity contribution is 6.30. The third-order valence-electron chi connectivity index (χ3n) is 3.04. The van der Waals surface area contributed by atoms with Crippen LogP contribution in [0.1, 0.15) is 12.0 Å². The van der Waals surface area contributed by atoms with E-state index in [0.29, 0.717) is 16.3 Å². The molecular formula is C17H16ClN3O4. The van der Waals surface area contributed by atoms with E-state index < -0.39 is 11.8 Å². The Balaban J connectivity index is 1.84. The van der Waals surface area contributed by atoms with Crippen molar-refractivity contribution in [3.8, 4) is 11.5 Å². The first-order chi connectivity index (χ1) is 12.0. The van der Waals surface area contributed by atoms with Gasteiger partial charge in [0.2, 0.25) is 11.8 Å². The van der Waals surface area contributed by atoms with Gasteiger partial charge in [-0.3, -0.25) is 9.59 Å². The molecule has 3 N–H and O–H groups in total. The zero-order chi connectivity index (χ0) is 18.2. The molecule has 0 aliphatic heterocycles. The molecule has 8 heteroatoms. The number of methoxy groups -OCH3 is 1. The van der Waals surface area contributed by atoms with Crippen molar-refractivity contribution in [1.29, 1.82) is 0 Å². The van der Waals surface area contributed by atoms with E-state index >= 15 is 0 Å². The number of aromatic hydroxyl groups is 1. The number of ether oxygens (including phenoxy) is 1. The molecule has 25 heavy (non-hydrogen) atoms. The second-order valence-electron chi connectivity index (χ2n) is 4.96. The minimum atomic E-state index is -0.568. The highest BCUT2D eigenvalue weighted by Gasteiger charge is 2.09. The number of rotatable bonds is 6. The lowest BCUT2D eigenvalue weighted by molar-refractivity contribution is -0.126. The molecule has 0 saturated carbocycles. The summed E-state index contributed by atoms with van der Waals surface area (Å²) in [5, 5.41) is 16.3. The first kappa shape index (κ1) is 18.3. The molecule has 2 rings (SSSR count). The first-order valence-electron chi connectivity index (χ1n) is 7.22. The number of hydrazone groups is 1. The molecule has 0 aromatic heterocycles. The molecule has 0 fully saturated rings. The van der Waals surface area contributed by atoms with E-state index in [9.17, 15) is 14.7 Å². The third-order valence-corrected chi connectivity index (χ3v) is 3.27. The van der Waals surface area contributed by atoms with Crippen LogP contribution in [-0.2, 0) is 9.59 Å². The zero-order valence-corrected chi connectivity index (χ0v) is 14.1. The van der Waals surface area contributed by atoms with Crippen LogP contribution in [0.25, 0.3) is 0 Å². The van der Waals surface area contributed by atoms with E-state index in [1.807, 2.05) is 0 Å². The summed E-state index contributed by atoms with van der Waals surface area (Å²) in [6.07, 6.45) is 0.984. The Morgan fingerprint density at radius 1 is 1.24 bits per heavy atom. The summed E-state index contributed by atoms with van der Waals surface area (Å²) in [5.74, 6) is -0.764. The Labute approximate surface area is 149 Å². The molecule has 2 aromatic carbocycles. The summed E-state index contributed by atoms with van der Waals surface area (Å²) in [6, 6.07) is 11.2. The van der Waals surface area contributed by atoms with Crippen molar-refractivity contribution in [2.24, 2.45) is 5.10 Å². The van der Waals surface area contributed by atoms with E-state index in [0.717, 1.165) is 0 Å². The van der Waals surface area contributed by atoms with Gasteiger partial charge in [0.25, 0.3) is 0 Å². The number of carbonyl (C=O) groups is 2. The number of nitrogens with one attached hydrogen (secondary N) is 2. The predicted molar refractivity (Wildman–Crippen MR) is 95.1 cm³/mol. The minimum absolute atomic E-state index is 0.00127. The Kier molecular flexibility index (Phi) is 6.36. The predicted octanol–water partition coefficient (Wildman–Crippen LogP) is 2.53. The molecule has 7 nitrogen and oxygen atoms in total. The van der Waals surface area contributed by atoms with Gasteiger partial charge in [-0.1, -0.05) is 17.7 Å². The fourth-order valence-electron chi connectivity index (χ4n) is 1.91. The smallest absolute Gasteiger partial charge is 0.249 e. The van der Waals surface area contributed by atoms with Crippen LogP contribution in [0.15, 0.2) is 47.6 Å². The van der Waals surface area contributed by atoms with Gasteiger partial charge in [0.15, 0.2) is 11.5 Å². The number of nitrogens with zero attached hydrogens (tertiary/aromatic N) is 1. The molecule has 0 spiro atoms. The summed E-state index contributed by atoms with van der Waals surface area (Å²) in [5.41, 5.74) is 3.37. The number of amides is 2. The normalized spacial score (nSPS) is 10.5. The van der Waals surface area contributed by atoms with Crippen LogP contribution < -0.4 is 15.5 Å². The molecule has 2 aromatic rings. The molecule has 130 valence electrons. The van der Waals surface area contributed by atoms with Gasteiger partial charge >= 0.3 is 0 Å². The fourth-order valence-corrected chi connectivity index (χ4v) is 2.10. The van der Waals surface area contributed by atoms with E-state index in [2.05, 4.69) is 15.8 Å². The molecule has 0 atom stereocenters. The number of halogens is 1. The SMILES string of the molecule is COc1cc(C=NNC(=O)CC(=O)Nc2cccc(Cl)c2)ccc1O. The average molecular weight is 362 g/mol.